The van der Waals surface area contributed by atoms with Crippen molar-refractivity contribution < 1.29 is 9.90 Å². The first-order chi connectivity index (χ1) is 7.82. The number of carbonyl (C=O) groups is 1. The highest BCUT2D eigenvalue weighted by Crippen LogP contribution is 2.14. The van der Waals surface area contributed by atoms with Gasteiger partial charge in [-0.15, -0.1) is 0 Å². The van der Waals surface area contributed by atoms with E-state index in [1.54, 1.807) is 6.92 Å². The van der Waals surface area contributed by atoms with Crippen LogP contribution in [-0.4, -0.2) is 39.3 Å². The normalized spacial score (nSPS) is 13.1. The molecular formula is C12H21N3O2. The van der Waals surface area contributed by atoms with Gasteiger partial charge in [0.25, 0.3) is 0 Å². The van der Waals surface area contributed by atoms with E-state index in [0.29, 0.717) is 6.54 Å². The highest BCUT2D eigenvalue weighted by Gasteiger charge is 2.16. The number of aliphatic carboxylic acids is 1. The highest BCUT2D eigenvalue weighted by molar-refractivity contribution is 5.69. The average Bonchev–Trinajstić information content (AvgIpc) is 2.45. The predicted octanol–water partition coefficient (Wildman–Crippen LogP) is 1.19. The van der Waals surface area contributed by atoms with Gasteiger partial charge in [0.05, 0.1) is 11.6 Å². The smallest absolute Gasteiger partial charge is 0.307 e. The molecule has 0 saturated heterocycles. The molecule has 0 aliphatic carbocycles. The third-order valence-electron chi connectivity index (χ3n) is 3.09. The molecule has 0 aliphatic rings. The zero-order valence-electron chi connectivity index (χ0n) is 11.2. The second-order valence-corrected chi connectivity index (χ2v) is 4.71. The fourth-order valence-electron chi connectivity index (χ4n) is 1.93. The quantitative estimate of drug-likeness (QED) is 0.838. The molecule has 5 heteroatoms. The molecule has 0 fully saturated rings. The lowest BCUT2D eigenvalue weighted by Gasteiger charge is -2.19. The van der Waals surface area contributed by atoms with Gasteiger partial charge in [0.2, 0.25) is 0 Å². The van der Waals surface area contributed by atoms with Crippen LogP contribution in [0.15, 0.2) is 0 Å². The second-order valence-electron chi connectivity index (χ2n) is 4.71. The van der Waals surface area contributed by atoms with Crippen LogP contribution in [0, 0.1) is 19.8 Å². The van der Waals surface area contributed by atoms with E-state index < -0.39 is 5.97 Å². The van der Waals surface area contributed by atoms with Crippen molar-refractivity contribution in [2.75, 3.05) is 13.6 Å². The number of aromatic nitrogens is 2. The van der Waals surface area contributed by atoms with Gasteiger partial charge in [-0.1, -0.05) is 6.92 Å². The van der Waals surface area contributed by atoms with Gasteiger partial charge in [-0.3, -0.25) is 9.48 Å². The Morgan fingerprint density at radius 2 is 2.12 bits per heavy atom. The molecule has 0 aliphatic heterocycles. The van der Waals surface area contributed by atoms with Crippen LogP contribution in [-0.2, 0) is 18.4 Å². The minimum atomic E-state index is -0.753. The van der Waals surface area contributed by atoms with Gasteiger partial charge in [0, 0.05) is 31.4 Å². The van der Waals surface area contributed by atoms with Crippen LogP contribution in [0.3, 0.4) is 0 Å². The molecule has 0 amide bonds. The summed E-state index contributed by atoms with van der Waals surface area (Å²) in [4.78, 5) is 12.8. The van der Waals surface area contributed by atoms with E-state index in [0.717, 1.165) is 17.9 Å². The molecule has 1 aromatic rings. The minimum Gasteiger partial charge on any atom is -0.481 e. The Hall–Kier alpha value is -1.36. The summed E-state index contributed by atoms with van der Waals surface area (Å²) in [5.74, 6) is -1.10. The summed E-state index contributed by atoms with van der Waals surface area (Å²) < 4.78 is 1.86. The lowest BCUT2D eigenvalue weighted by Crippen LogP contribution is -2.28. The van der Waals surface area contributed by atoms with E-state index in [4.69, 9.17) is 5.11 Å². The summed E-state index contributed by atoms with van der Waals surface area (Å²) in [6.07, 6.45) is 0. The first-order valence-electron chi connectivity index (χ1n) is 5.73. The third-order valence-corrected chi connectivity index (χ3v) is 3.09. The van der Waals surface area contributed by atoms with Crippen LogP contribution in [0.2, 0.25) is 0 Å². The lowest BCUT2D eigenvalue weighted by molar-refractivity contribution is -0.141. The van der Waals surface area contributed by atoms with Crippen molar-refractivity contribution in [3.8, 4) is 0 Å². The van der Waals surface area contributed by atoms with E-state index >= 15 is 0 Å². The zero-order chi connectivity index (χ0) is 13.2. The van der Waals surface area contributed by atoms with Crippen LogP contribution in [0.1, 0.15) is 23.9 Å². The fourth-order valence-corrected chi connectivity index (χ4v) is 1.93. The maximum atomic E-state index is 10.8. The summed E-state index contributed by atoms with van der Waals surface area (Å²) >= 11 is 0. The van der Waals surface area contributed by atoms with E-state index in [1.165, 1.54) is 5.56 Å². The number of rotatable bonds is 5. The van der Waals surface area contributed by atoms with Gasteiger partial charge in [-0.2, -0.15) is 5.10 Å². The predicted molar refractivity (Wildman–Crippen MR) is 65.8 cm³/mol. The second kappa shape index (κ2) is 5.31. The van der Waals surface area contributed by atoms with Crippen molar-refractivity contribution in [2.24, 2.45) is 13.0 Å². The molecule has 5 nitrogen and oxygen atoms in total. The number of carboxylic acid groups (broad SMARTS) is 1. The Balaban J connectivity index is 2.68. The van der Waals surface area contributed by atoms with Crippen molar-refractivity contribution in [1.29, 1.82) is 0 Å². The number of nitrogens with zero attached hydrogens (tertiary/aromatic N) is 3. The van der Waals surface area contributed by atoms with Gasteiger partial charge in [0.15, 0.2) is 0 Å². The van der Waals surface area contributed by atoms with Crippen molar-refractivity contribution in [3.63, 3.8) is 0 Å². The highest BCUT2D eigenvalue weighted by atomic mass is 16.4. The van der Waals surface area contributed by atoms with Crippen molar-refractivity contribution in [2.45, 2.75) is 27.3 Å². The Morgan fingerprint density at radius 3 is 2.53 bits per heavy atom. The SMILES string of the molecule is Cc1nn(C)c(C)c1CN(C)CC(C)C(=O)O. The Morgan fingerprint density at radius 1 is 1.53 bits per heavy atom. The van der Waals surface area contributed by atoms with Gasteiger partial charge in [0.1, 0.15) is 0 Å². The van der Waals surface area contributed by atoms with E-state index in [9.17, 15) is 4.79 Å². The standard InChI is InChI=1S/C12H21N3O2/c1-8(12(16)17)6-14(4)7-11-9(2)13-15(5)10(11)3/h8H,6-7H2,1-5H3,(H,16,17). The van der Waals surface area contributed by atoms with Crippen LogP contribution in [0.5, 0.6) is 0 Å². The molecule has 1 heterocycles. The molecule has 1 aromatic heterocycles. The summed E-state index contributed by atoms with van der Waals surface area (Å²) in [5, 5.41) is 13.2. The molecule has 17 heavy (non-hydrogen) atoms. The number of aryl methyl sites for hydroxylation is 2. The van der Waals surface area contributed by atoms with E-state index in [2.05, 4.69) is 5.10 Å². The fraction of sp³-hybridized carbons (Fsp3) is 0.667. The number of hydrogen-bond acceptors (Lipinski definition) is 3. The first kappa shape index (κ1) is 13.7. The minimum absolute atomic E-state index is 0.350. The molecule has 1 unspecified atom stereocenters. The molecular weight excluding hydrogens is 218 g/mol. The molecule has 0 bridgehead atoms. The van der Waals surface area contributed by atoms with Crippen LogP contribution in [0.4, 0.5) is 0 Å². The Kier molecular flexibility index (Phi) is 4.28. The molecule has 1 rings (SSSR count). The molecule has 1 atom stereocenters. The van der Waals surface area contributed by atoms with Gasteiger partial charge in [-0.05, 0) is 20.9 Å². The van der Waals surface area contributed by atoms with Gasteiger partial charge in [-0.25, -0.2) is 0 Å². The van der Waals surface area contributed by atoms with Crippen molar-refractivity contribution in [1.82, 2.24) is 14.7 Å². The first-order valence-corrected chi connectivity index (χ1v) is 5.73. The summed E-state index contributed by atoms with van der Waals surface area (Å²) in [5.41, 5.74) is 3.34. The maximum Gasteiger partial charge on any atom is 0.307 e. The maximum absolute atomic E-state index is 10.8. The van der Waals surface area contributed by atoms with Gasteiger partial charge >= 0.3 is 5.97 Å². The van der Waals surface area contributed by atoms with Crippen LogP contribution in [0.25, 0.3) is 0 Å². The number of hydrogen-bond donors (Lipinski definition) is 1. The number of carboxylic acids is 1. The molecule has 0 aromatic carbocycles. The molecule has 0 saturated carbocycles. The van der Waals surface area contributed by atoms with Crippen molar-refractivity contribution in [3.05, 3.63) is 17.0 Å². The molecule has 0 radical (unpaired) electrons. The van der Waals surface area contributed by atoms with E-state index in [-0.39, 0.29) is 5.92 Å². The summed E-state index contributed by atoms with van der Waals surface area (Å²) in [6, 6.07) is 0. The summed E-state index contributed by atoms with van der Waals surface area (Å²) in [6.45, 7) is 7.02. The largest absolute Gasteiger partial charge is 0.481 e. The molecule has 0 spiro atoms. The van der Waals surface area contributed by atoms with Gasteiger partial charge < -0.3 is 10.0 Å². The molecule has 96 valence electrons. The lowest BCUT2D eigenvalue weighted by atomic mass is 10.1. The van der Waals surface area contributed by atoms with Crippen molar-refractivity contribution >= 4 is 5.97 Å². The zero-order valence-corrected chi connectivity index (χ0v) is 11.2. The Bertz CT molecular complexity index is 412. The Labute approximate surface area is 102 Å². The van der Waals surface area contributed by atoms with Crippen LogP contribution >= 0.6 is 0 Å². The summed E-state index contributed by atoms with van der Waals surface area (Å²) in [7, 11) is 3.86. The molecule has 1 N–H and O–H groups in total. The van der Waals surface area contributed by atoms with E-state index in [1.807, 2.05) is 37.5 Å². The van der Waals surface area contributed by atoms with Crippen LogP contribution < -0.4 is 0 Å². The monoisotopic (exact) mass is 239 g/mol. The average molecular weight is 239 g/mol. The third kappa shape index (κ3) is 3.30. The topological polar surface area (TPSA) is 58.4 Å².